The Morgan fingerprint density at radius 1 is 1.25 bits per heavy atom. The largest absolute Gasteiger partial charge is 0.492 e. The Hall–Kier alpha value is -1.85. The highest BCUT2D eigenvalue weighted by Crippen LogP contribution is 2.27. The topological polar surface area (TPSA) is 71.7 Å². The van der Waals surface area contributed by atoms with Crippen LogP contribution in [0.15, 0.2) is 33.7 Å². The molecule has 1 aliphatic carbocycles. The number of hydrogen-bond donors (Lipinski definition) is 2. The van der Waals surface area contributed by atoms with Gasteiger partial charge < -0.3 is 19.6 Å². The molecule has 1 fully saturated rings. The lowest BCUT2D eigenvalue weighted by Gasteiger charge is -2.22. The van der Waals surface area contributed by atoms with Gasteiger partial charge in [-0.3, -0.25) is 4.79 Å². The molecule has 1 aromatic heterocycles. The molecule has 5 nitrogen and oxygen atoms in total. The summed E-state index contributed by atoms with van der Waals surface area (Å²) >= 11 is 0. The first-order chi connectivity index (χ1) is 11.8. The highest BCUT2D eigenvalue weighted by molar-refractivity contribution is 5.83. The second-order valence-electron chi connectivity index (χ2n) is 6.43. The van der Waals surface area contributed by atoms with Crippen molar-refractivity contribution in [3.05, 3.63) is 40.2 Å². The van der Waals surface area contributed by atoms with Crippen LogP contribution in [0.2, 0.25) is 0 Å². The molecule has 0 unspecified atom stereocenters. The predicted molar refractivity (Wildman–Crippen MR) is 93.3 cm³/mol. The third-order valence-corrected chi connectivity index (χ3v) is 4.64. The molecule has 0 saturated heterocycles. The van der Waals surface area contributed by atoms with E-state index in [0.717, 1.165) is 0 Å². The lowest BCUT2D eigenvalue weighted by Crippen LogP contribution is -2.22. The fraction of sp³-hybridized carbons (Fsp3) is 0.526. The zero-order valence-corrected chi connectivity index (χ0v) is 13.9. The normalized spacial score (nSPS) is 15.7. The zero-order valence-electron chi connectivity index (χ0n) is 13.9. The summed E-state index contributed by atoms with van der Waals surface area (Å²) < 4.78 is 11.6. The molecule has 0 aliphatic heterocycles. The van der Waals surface area contributed by atoms with Gasteiger partial charge in [0.15, 0.2) is 0 Å². The summed E-state index contributed by atoms with van der Waals surface area (Å²) in [7, 11) is 0. The lowest BCUT2D eigenvalue weighted by molar-refractivity contribution is 0.210. The molecule has 0 atom stereocenters. The third kappa shape index (κ3) is 3.97. The molecule has 24 heavy (non-hydrogen) atoms. The summed E-state index contributed by atoms with van der Waals surface area (Å²) in [5.74, 6) is 1.19. The average molecular weight is 331 g/mol. The third-order valence-electron chi connectivity index (χ3n) is 4.64. The first kappa shape index (κ1) is 17.0. The maximum atomic E-state index is 12.8. The van der Waals surface area contributed by atoms with Gasteiger partial charge in [-0.25, -0.2) is 0 Å². The number of rotatable bonds is 7. The van der Waals surface area contributed by atoms with Gasteiger partial charge in [-0.05, 0) is 30.9 Å². The molecule has 2 aromatic rings. The van der Waals surface area contributed by atoms with Crippen LogP contribution in [0.5, 0.6) is 5.75 Å². The summed E-state index contributed by atoms with van der Waals surface area (Å²) in [5, 5.41) is 12.4. The Labute approximate surface area is 141 Å². The van der Waals surface area contributed by atoms with E-state index in [1.165, 1.54) is 38.4 Å². The molecule has 2 N–H and O–H groups in total. The first-order valence-corrected chi connectivity index (χ1v) is 8.77. The summed E-state index contributed by atoms with van der Waals surface area (Å²) in [4.78, 5) is 12.8. The maximum Gasteiger partial charge on any atom is 0.200 e. The minimum atomic E-state index is -0.0686. The summed E-state index contributed by atoms with van der Waals surface area (Å²) in [5.41, 5.74) is 1.03. The Balaban J connectivity index is 1.81. The second kappa shape index (κ2) is 8.31. The van der Waals surface area contributed by atoms with Gasteiger partial charge in [0.1, 0.15) is 16.7 Å². The Morgan fingerprint density at radius 3 is 2.88 bits per heavy atom. The van der Waals surface area contributed by atoms with Gasteiger partial charge in [-0.15, -0.1) is 0 Å². The van der Waals surface area contributed by atoms with Gasteiger partial charge in [0.05, 0.1) is 19.5 Å². The van der Waals surface area contributed by atoms with E-state index in [0.29, 0.717) is 47.9 Å². The SMILES string of the molecule is O=c1c(CNCCO)coc2cccc(OCC3CCCCC3)c12. The smallest absolute Gasteiger partial charge is 0.200 e. The van der Waals surface area contributed by atoms with Crippen LogP contribution in [0.4, 0.5) is 0 Å². The second-order valence-corrected chi connectivity index (χ2v) is 6.43. The van der Waals surface area contributed by atoms with Gasteiger partial charge in [-0.2, -0.15) is 0 Å². The van der Waals surface area contributed by atoms with Crippen molar-refractivity contribution < 1.29 is 14.3 Å². The van der Waals surface area contributed by atoms with Crippen molar-refractivity contribution in [3.8, 4) is 5.75 Å². The van der Waals surface area contributed by atoms with Crippen LogP contribution in [-0.2, 0) is 6.54 Å². The van der Waals surface area contributed by atoms with Crippen molar-refractivity contribution in [1.29, 1.82) is 0 Å². The molecule has 1 aromatic carbocycles. The highest BCUT2D eigenvalue weighted by atomic mass is 16.5. The zero-order chi connectivity index (χ0) is 16.8. The van der Waals surface area contributed by atoms with Crippen LogP contribution in [0.1, 0.15) is 37.7 Å². The quantitative estimate of drug-likeness (QED) is 0.763. The first-order valence-electron chi connectivity index (χ1n) is 8.77. The van der Waals surface area contributed by atoms with Crippen LogP contribution in [0, 0.1) is 5.92 Å². The number of benzene rings is 1. The number of hydrogen-bond acceptors (Lipinski definition) is 5. The molecule has 0 radical (unpaired) electrons. The van der Waals surface area contributed by atoms with E-state index >= 15 is 0 Å². The minimum Gasteiger partial charge on any atom is -0.492 e. The molecule has 130 valence electrons. The van der Waals surface area contributed by atoms with Crippen molar-refractivity contribution in [2.75, 3.05) is 19.8 Å². The van der Waals surface area contributed by atoms with Crippen molar-refractivity contribution in [1.82, 2.24) is 5.32 Å². The molecule has 1 aliphatic rings. The molecule has 3 rings (SSSR count). The standard InChI is InChI=1S/C19H25NO4/c21-10-9-20-11-15-13-24-17-8-4-7-16(18(17)19(15)22)23-12-14-5-2-1-3-6-14/h4,7-8,13-14,20-21H,1-3,5-6,9-12H2. The molecule has 1 heterocycles. The van der Waals surface area contributed by atoms with Crippen LogP contribution in [0.3, 0.4) is 0 Å². The van der Waals surface area contributed by atoms with Crippen molar-refractivity contribution >= 4 is 11.0 Å². The van der Waals surface area contributed by atoms with E-state index in [2.05, 4.69) is 5.32 Å². The fourth-order valence-corrected chi connectivity index (χ4v) is 3.29. The van der Waals surface area contributed by atoms with Crippen LogP contribution in [-0.4, -0.2) is 24.9 Å². The van der Waals surface area contributed by atoms with Gasteiger partial charge in [0.25, 0.3) is 0 Å². The lowest BCUT2D eigenvalue weighted by atomic mass is 9.90. The molecule has 5 heteroatoms. The number of aliphatic hydroxyl groups excluding tert-OH is 1. The van der Waals surface area contributed by atoms with E-state index in [4.69, 9.17) is 14.3 Å². The number of nitrogens with one attached hydrogen (secondary N) is 1. The molecule has 0 amide bonds. The monoisotopic (exact) mass is 331 g/mol. The molecular formula is C19H25NO4. The van der Waals surface area contributed by atoms with Gasteiger partial charge >= 0.3 is 0 Å². The van der Waals surface area contributed by atoms with E-state index in [-0.39, 0.29) is 12.0 Å². The summed E-state index contributed by atoms with van der Waals surface area (Å²) in [6.45, 7) is 1.51. The Kier molecular flexibility index (Phi) is 5.88. The Bertz CT molecular complexity index is 719. The van der Waals surface area contributed by atoms with Gasteiger partial charge in [0, 0.05) is 18.7 Å². The van der Waals surface area contributed by atoms with Crippen LogP contribution < -0.4 is 15.5 Å². The Morgan fingerprint density at radius 2 is 2.08 bits per heavy atom. The number of ether oxygens (including phenoxy) is 1. The maximum absolute atomic E-state index is 12.8. The molecule has 1 saturated carbocycles. The predicted octanol–water partition coefficient (Wildman–Crippen LogP) is 2.83. The van der Waals surface area contributed by atoms with E-state index in [1.54, 1.807) is 6.07 Å². The molecular weight excluding hydrogens is 306 g/mol. The van der Waals surface area contributed by atoms with Crippen molar-refractivity contribution in [3.63, 3.8) is 0 Å². The van der Waals surface area contributed by atoms with Crippen LogP contribution >= 0.6 is 0 Å². The molecule has 0 spiro atoms. The van der Waals surface area contributed by atoms with Gasteiger partial charge in [-0.1, -0.05) is 25.3 Å². The number of aliphatic hydroxyl groups is 1. The van der Waals surface area contributed by atoms with Crippen LogP contribution in [0.25, 0.3) is 11.0 Å². The van der Waals surface area contributed by atoms with E-state index < -0.39 is 0 Å². The molecule has 0 bridgehead atoms. The minimum absolute atomic E-state index is 0.0364. The fourth-order valence-electron chi connectivity index (χ4n) is 3.29. The van der Waals surface area contributed by atoms with E-state index in [9.17, 15) is 4.79 Å². The van der Waals surface area contributed by atoms with Gasteiger partial charge in [0.2, 0.25) is 5.43 Å². The average Bonchev–Trinajstić information content (AvgIpc) is 2.63. The van der Waals surface area contributed by atoms with E-state index in [1.807, 2.05) is 12.1 Å². The van der Waals surface area contributed by atoms with Crippen molar-refractivity contribution in [2.24, 2.45) is 5.92 Å². The highest BCUT2D eigenvalue weighted by Gasteiger charge is 2.16. The summed E-state index contributed by atoms with van der Waals surface area (Å²) in [6, 6.07) is 5.48. The number of fused-ring (bicyclic) bond motifs is 1. The summed E-state index contributed by atoms with van der Waals surface area (Å²) in [6.07, 6.45) is 7.75. The van der Waals surface area contributed by atoms with Crippen molar-refractivity contribution in [2.45, 2.75) is 38.6 Å².